The van der Waals surface area contributed by atoms with E-state index in [4.69, 9.17) is 42.6 Å². The van der Waals surface area contributed by atoms with Gasteiger partial charge in [0.2, 0.25) is 5.79 Å². The third-order valence-electron chi connectivity index (χ3n) is 16.6. The van der Waals surface area contributed by atoms with Gasteiger partial charge in [0, 0.05) is 63.6 Å². The molecule has 22 heteroatoms. The number of carbonyl (C=O) groups excluding carboxylic acids is 5. The zero-order valence-electron chi connectivity index (χ0n) is 50.3. The Labute approximate surface area is 485 Å². The molecule has 1 aliphatic carbocycles. The molecule has 0 radical (unpaired) electrons. The number of esters is 1. The number of rotatable bonds is 19. The fraction of sp³-hybridized carbons (Fsp3) is 0.783. The Kier molecular flexibility index (Phi) is 31.0. The summed E-state index contributed by atoms with van der Waals surface area (Å²) in [7, 11) is 4.72. The quantitative estimate of drug-likeness (QED) is 0.0191. The second-order valence-corrected chi connectivity index (χ2v) is 22.9. The summed E-state index contributed by atoms with van der Waals surface area (Å²) in [5.74, 6) is -8.41. The summed E-state index contributed by atoms with van der Waals surface area (Å²) >= 11 is 0. The number of aliphatic hydroxyl groups is 3. The highest BCUT2D eigenvalue weighted by Gasteiger charge is 2.53. The van der Waals surface area contributed by atoms with Crippen molar-refractivity contribution < 1.29 is 81.9 Å². The number of hydrogen-bond acceptors (Lipinski definition) is 18. The van der Waals surface area contributed by atoms with Crippen molar-refractivity contribution in [2.75, 3.05) is 80.7 Å². The van der Waals surface area contributed by atoms with E-state index in [0.717, 1.165) is 5.57 Å². The minimum atomic E-state index is -2.47. The van der Waals surface area contributed by atoms with Crippen LogP contribution in [0.1, 0.15) is 126 Å². The van der Waals surface area contributed by atoms with Gasteiger partial charge in [-0.3, -0.25) is 14.4 Å². The molecule has 1 saturated carbocycles. The van der Waals surface area contributed by atoms with Crippen LogP contribution < -0.4 is 5.32 Å². The summed E-state index contributed by atoms with van der Waals surface area (Å²) < 4.78 is 51.6. The SMILES string of the molecule is COCCOCCOCCOCCNC(=O)O[C@@H]1CC[C@@H](C[C@@H](C)[C@@H]2CC(N=[N+]=[N-])[C@H](C)/C=C(\C)[C@@H](O)[C@@H](O)C(=O)[C@H](C)C[C@H](C)/C=C/C=C/C=C(\C)[C@@H](OC)C[C@@H]3CC[C@@H](C)[C@@](O)(O3)C(=O)C(=O)N3CCCC[C@H]3C(=O)O2)C[C@H]1OC. The van der Waals surface area contributed by atoms with Crippen LogP contribution in [-0.2, 0) is 61.8 Å². The number of azide groups is 1. The Morgan fingerprint density at radius 2 is 1.52 bits per heavy atom. The van der Waals surface area contributed by atoms with Crippen LogP contribution >= 0.6 is 0 Å². The average molecular weight is 1160 g/mol. The number of hydrogen-bond donors (Lipinski definition) is 4. The summed E-state index contributed by atoms with van der Waals surface area (Å²) in [5, 5.41) is 41.6. The molecule has 0 aromatic rings. The average Bonchev–Trinajstić information content (AvgIpc) is 3.66. The topological polar surface area (TPSA) is 293 Å². The minimum absolute atomic E-state index is 0.000128. The van der Waals surface area contributed by atoms with Gasteiger partial charge in [-0.1, -0.05) is 76.2 Å². The van der Waals surface area contributed by atoms with Crippen molar-refractivity contribution in [2.45, 2.75) is 186 Å². The second-order valence-electron chi connectivity index (χ2n) is 22.9. The first-order chi connectivity index (χ1) is 39.2. The summed E-state index contributed by atoms with van der Waals surface area (Å²) in [6.45, 7) is 15.6. The van der Waals surface area contributed by atoms with Crippen molar-refractivity contribution in [2.24, 2.45) is 40.6 Å². The lowest BCUT2D eigenvalue weighted by Crippen LogP contribution is -2.61. The highest BCUT2D eigenvalue weighted by atomic mass is 16.6. The van der Waals surface area contributed by atoms with E-state index in [1.165, 1.54) is 4.90 Å². The van der Waals surface area contributed by atoms with Crippen LogP contribution in [0.25, 0.3) is 10.4 Å². The molecule has 0 aromatic heterocycles. The molecule has 3 aliphatic heterocycles. The normalized spacial score (nSPS) is 35.1. The highest BCUT2D eigenvalue weighted by Crippen LogP contribution is 2.38. The number of nitrogens with one attached hydrogen (secondary N) is 1. The van der Waals surface area contributed by atoms with Crippen LogP contribution in [0.15, 0.2) is 52.7 Å². The number of ketones is 2. The third kappa shape index (κ3) is 21.8. The molecule has 4 aliphatic rings. The molecule has 22 nitrogen and oxygen atoms in total. The van der Waals surface area contributed by atoms with Crippen LogP contribution in [0.2, 0.25) is 0 Å². The third-order valence-corrected chi connectivity index (χ3v) is 16.6. The predicted octanol–water partition coefficient (Wildman–Crippen LogP) is 7.07. The van der Waals surface area contributed by atoms with Crippen molar-refractivity contribution in [3.63, 3.8) is 0 Å². The Balaban J connectivity index is 1.58. The largest absolute Gasteiger partial charge is 0.461 e. The van der Waals surface area contributed by atoms with Crippen LogP contribution in [0.5, 0.6) is 0 Å². The van der Waals surface area contributed by atoms with Crippen molar-refractivity contribution >= 4 is 29.5 Å². The van der Waals surface area contributed by atoms with E-state index < -0.39 is 114 Å². The van der Waals surface area contributed by atoms with Gasteiger partial charge in [-0.15, -0.1) is 0 Å². The van der Waals surface area contributed by atoms with Gasteiger partial charge in [0.05, 0.1) is 64.6 Å². The zero-order valence-corrected chi connectivity index (χ0v) is 50.3. The Morgan fingerprint density at radius 3 is 2.20 bits per heavy atom. The van der Waals surface area contributed by atoms with E-state index in [1.807, 2.05) is 51.2 Å². The summed E-state index contributed by atoms with van der Waals surface area (Å²) in [6.07, 6.45) is 8.96. The standard InChI is InChI=1S/C60H97N5O17/c1-38-16-12-11-13-17-39(2)50(75-9)36-46-21-19-44(7)60(73,82-46)56(69)57(70)65-24-15-14-18-48(65)58(71)80-51(37-47(63-64-61)40(3)33-43(6)54(67)55(68)53(66)42(5)32-38)41(4)34-45-20-22-49(52(35-45)76-10)81-59(72)62-23-25-77-28-29-79-31-30-78-27-26-74-8/h11-13,16-17,33,38,40-42,44-52,54-55,67-68,73H,14-15,18-32,34-37H2,1-10H3,(H,62,72)/b13-11+,16-12+,39-17+,43-33+/t38-,40-,41-,42-,44-,45+,46+,47?,48+,49-,50+,51+,52-,54-,55+,60-/m1/s1. The predicted molar refractivity (Wildman–Crippen MR) is 305 cm³/mol. The maximum atomic E-state index is 14.7. The van der Waals surface area contributed by atoms with Gasteiger partial charge < -0.3 is 68.2 Å². The molecular weight excluding hydrogens is 1060 g/mol. The van der Waals surface area contributed by atoms with Gasteiger partial charge in [-0.05, 0) is 125 Å². The first-order valence-corrected chi connectivity index (χ1v) is 29.5. The maximum absolute atomic E-state index is 14.7. The van der Waals surface area contributed by atoms with E-state index in [0.29, 0.717) is 97.4 Å². The van der Waals surface area contributed by atoms with Gasteiger partial charge in [0.15, 0.2) is 5.78 Å². The molecule has 2 amide bonds. The molecule has 2 bridgehead atoms. The van der Waals surface area contributed by atoms with E-state index in [-0.39, 0.29) is 56.4 Å². The lowest BCUT2D eigenvalue weighted by molar-refractivity contribution is -0.265. The van der Waals surface area contributed by atoms with E-state index >= 15 is 0 Å². The van der Waals surface area contributed by atoms with E-state index in [1.54, 1.807) is 55.1 Å². The molecule has 3 fully saturated rings. The van der Waals surface area contributed by atoms with Crippen LogP contribution in [-0.4, -0.2) is 191 Å². The van der Waals surface area contributed by atoms with E-state index in [9.17, 15) is 44.8 Å². The summed E-state index contributed by atoms with van der Waals surface area (Å²) in [5.41, 5.74) is 11.1. The molecule has 82 heavy (non-hydrogen) atoms. The molecule has 16 atom stereocenters. The number of carbonyl (C=O) groups is 5. The highest BCUT2D eigenvalue weighted by molar-refractivity contribution is 6.39. The van der Waals surface area contributed by atoms with Gasteiger partial charge in [0.1, 0.15) is 30.5 Å². The fourth-order valence-electron chi connectivity index (χ4n) is 11.5. The number of Topliss-reactive ketones (excluding diaryl/α,β-unsaturated/α-hetero) is 2. The number of cyclic esters (lactones) is 1. The molecule has 3 heterocycles. The summed E-state index contributed by atoms with van der Waals surface area (Å²) in [6, 6.07) is -2.07. The van der Waals surface area contributed by atoms with Crippen LogP contribution in [0, 0.1) is 35.5 Å². The first kappa shape index (κ1) is 69.9. The van der Waals surface area contributed by atoms with Crippen LogP contribution in [0.4, 0.5) is 4.79 Å². The molecular formula is C60H97N5O17. The number of fused-ring (bicyclic) bond motifs is 3. The van der Waals surface area contributed by atoms with Crippen molar-refractivity contribution in [1.29, 1.82) is 0 Å². The number of alkyl carbamates (subject to hydrolysis) is 1. The number of nitrogens with zero attached hydrogens (tertiary/aromatic N) is 4. The van der Waals surface area contributed by atoms with Gasteiger partial charge in [0.25, 0.3) is 11.7 Å². The van der Waals surface area contributed by atoms with Crippen molar-refractivity contribution in [1.82, 2.24) is 10.2 Å². The number of aliphatic hydroxyl groups excluding tert-OH is 2. The molecule has 4 rings (SSSR count). The second kappa shape index (κ2) is 36.3. The van der Waals surface area contributed by atoms with Crippen molar-refractivity contribution in [3.8, 4) is 0 Å². The molecule has 2 saturated heterocycles. The molecule has 1 unspecified atom stereocenters. The first-order valence-electron chi connectivity index (χ1n) is 29.5. The Morgan fingerprint density at radius 1 is 0.829 bits per heavy atom. The minimum Gasteiger partial charge on any atom is -0.461 e. The number of piperidine rings is 1. The van der Waals surface area contributed by atoms with Gasteiger partial charge >= 0.3 is 12.1 Å². The lowest BCUT2D eigenvalue weighted by Gasteiger charge is -2.43. The van der Waals surface area contributed by atoms with E-state index in [2.05, 4.69) is 15.3 Å². The monoisotopic (exact) mass is 1160 g/mol. The number of allylic oxidation sites excluding steroid dienone is 5. The zero-order chi connectivity index (χ0) is 60.4. The molecule has 0 aromatic carbocycles. The number of methoxy groups -OCH3 is 3. The Bertz CT molecular complexity index is 2190. The lowest BCUT2D eigenvalue weighted by atomic mass is 9.78. The van der Waals surface area contributed by atoms with Gasteiger partial charge in [-0.2, -0.15) is 0 Å². The Hall–Kier alpha value is -4.58. The molecule has 0 spiro atoms. The summed E-state index contributed by atoms with van der Waals surface area (Å²) in [4.78, 5) is 74.4. The van der Waals surface area contributed by atoms with Crippen molar-refractivity contribution in [3.05, 3.63) is 58.0 Å². The molecule has 4 N–H and O–H groups in total. The number of amides is 2. The fourth-order valence-corrected chi connectivity index (χ4v) is 11.5. The smallest absolute Gasteiger partial charge is 0.407 e. The van der Waals surface area contributed by atoms with Gasteiger partial charge in [-0.25, -0.2) is 9.59 Å². The molecule has 464 valence electrons. The maximum Gasteiger partial charge on any atom is 0.407 e. The number of ether oxygens (including phenoxy) is 9. The van der Waals surface area contributed by atoms with Crippen LogP contribution in [0.3, 0.4) is 0 Å².